The van der Waals surface area contributed by atoms with Crippen LogP contribution in [0.5, 0.6) is 0 Å². The Bertz CT molecular complexity index is 367. The van der Waals surface area contributed by atoms with Crippen molar-refractivity contribution in [2.24, 2.45) is 0 Å². The highest BCUT2D eigenvalue weighted by atomic mass is 15.2. The Balaban J connectivity index is 2.36. The molecule has 0 amide bonds. The van der Waals surface area contributed by atoms with Gasteiger partial charge < -0.3 is 4.90 Å². The molecule has 72 valence electrons. The van der Waals surface area contributed by atoms with E-state index in [1.54, 1.807) is 6.20 Å². The first-order valence-corrected chi connectivity index (χ1v) is 4.94. The summed E-state index contributed by atoms with van der Waals surface area (Å²) in [6.45, 7) is 3.24. The molecule has 3 nitrogen and oxygen atoms in total. The van der Waals surface area contributed by atoms with Crippen molar-refractivity contribution in [2.75, 3.05) is 11.4 Å². The summed E-state index contributed by atoms with van der Waals surface area (Å²) in [5.74, 6) is 0. The van der Waals surface area contributed by atoms with Crippen molar-refractivity contribution >= 4 is 5.69 Å². The highest BCUT2D eigenvalue weighted by Gasteiger charge is 2.22. The minimum absolute atomic E-state index is 0.534. The molecule has 0 N–H and O–H groups in total. The molecule has 0 bridgehead atoms. The van der Waals surface area contributed by atoms with Crippen molar-refractivity contribution in [2.45, 2.75) is 25.8 Å². The highest BCUT2D eigenvalue weighted by molar-refractivity contribution is 5.56. The maximum Gasteiger partial charge on any atom is 0.163 e. The number of nitrogens with zero attached hydrogens (tertiary/aromatic N) is 3. The lowest BCUT2D eigenvalue weighted by Gasteiger charge is -2.23. The van der Waals surface area contributed by atoms with E-state index in [-0.39, 0.29) is 0 Å². The second-order valence-corrected chi connectivity index (χ2v) is 3.67. The summed E-state index contributed by atoms with van der Waals surface area (Å²) >= 11 is 0. The van der Waals surface area contributed by atoms with Gasteiger partial charge in [-0.05, 0) is 31.9 Å². The van der Waals surface area contributed by atoms with Crippen LogP contribution < -0.4 is 4.90 Å². The van der Waals surface area contributed by atoms with Crippen LogP contribution in [0.25, 0.3) is 0 Å². The van der Waals surface area contributed by atoms with Gasteiger partial charge in [0, 0.05) is 18.8 Å². The Hall–Kier alpha value is -1.56. The topological polar surface area (TPSA) is 39.9 Å². The summed E-state index contributed by atoms with van der Waals surface area (Å²) < 4.78 is 0. The molecule has 1 saturated heterocycles. The minimum Gasteiger partial charge on any atom is -0.366 e. The number of hydrogen-bond donors (Lipinski definition) is 0. The maximum absolute atomic E-state index is 8.93. The Morgan fingerprint density at radius 2 is 2.50 bits per heavy atom. The van der Waals surface area contributed by atoms with E-state index in [4.69, 9.17) is 5.26 Å². The first-order valence-electron chi connectivity index (χ1n) is 4.94. The van der Waals surface area contributed by atoms with Crippen LogP contribution in [0.1, 0.15) is 25.5 Å². The number of rotatable bonds is 1. The largest absolute Gasteiger partial charge is 0.366 e. The first kappa shape index (κ1) is 9.01. The molecule has 0 saturated carbocycles. The van der Waals surface area contributed by atoms with Gasteiger partial charge in [-0.3, -0.25) is 0 Å². The minimum atomic E-state index is 0.534. The van der Waals surface area contributed by atoms with Crippen LogP contribution in [0.4, 0.5) is 5.69 Å². The number of hydrogen-bond acceptors (Lipinski definition) is 3. The SMILES string of the molecule is C[C@H]1CCCN1c1cccnc1C#N. The van der Waals surface area contributed by atoms with E-state index < -0.39 is 0 Å². The third kappa shape index (κ3) is 1.44. The van der Waals surface area contributed by atoms with Crippen LogP contribution in [-0.2, 0) is 0 Å². The van der Waals surface area contributed by atoms with Crippen LogP contribution in [0, 0.1) is 11.3 Å². The Morgan fingerprint density at radius 3 is 3.14 bits per heavy atom. The van der Waals surface area contributed by atoms with Gasteiger partial charge in [-0.25, -0.2) is 4.98 Å². The Kier molecular flexibility index (Phi) is 2.36. The molecule has 1 fully saturated rings. The molecule has 0 aliphatic carbocycles. The molecular weight excluding hydrogens is 174 g/mol. The third-order valence-electron chi connectivity index (χ3n) is 2.75. The van der Waals surface area contributed by atoms with Crippen LogP contribution in [0.3, 0.4) is 0 Å². The second kappa shape index (κ2) is 3.67. The fourth-order valence-corrected chi connectivity index (χ4v) is 2.01. The number of aromatic nitrogens is 1. The molecule has 1 aliphatic rings. The molecule has 3 heteroatoms. The van der Waals surface area contributed by atoms with Crippen molar-refractivity contribution in [3.8, 4) is 6.07 Å². The van der Waals surface area contributed by atoms with Gasteiger partial charge >= 0.3 is 0 Å². The molecule has 2 heterocycles. The lowest BCUT2D eigenvalue weighted by Crippen LogP contribution is -2.27. The van der Waals surface area contributed by atoms with E-state index in [0.29, 0.717) is 11.7 Å². The van der Waals surface area contributed by atoms with E-state index in [2.05, 4.69) is 22.9 Å². The van der Waals surface area contributed by atoms with E-state index in [0.717, 1.165) is 12.2 Å². The molecule has 0 unspecified atom stereocenters. The van der Waals surface area contributed by atoms with Gasteiger partial charge in [0.05, 0.1) is 5.69 Å². The summed E-state index contributed by atoms with van der Waals surface area (Å²) in [6, 6.07) is 6.54. The van der Waals surface area contributed by atoms with E-state index in [1.807, 2.05) is 12.1 Å². The van der Waals surface area contributed by atoms with Crippen LogP contribution in [0.2, 0.25) is 0 Å². The molecule has 1 atom stereocenters. The summed E-state index contributed by atoms with van der Waals surface area (Å²) in [5.41, 5.74) is 1.53. The average Bonchev–Trinajstić information content (AvgIpc) is 2.64. The zero-order valence-electron chi connectivity index (χ0n) is 8.27. The Morgan fingerprint density at radius 1 is 1.64 bits per heavy atom. The van der Waals surface area contributed by atoms with Crippen molar-refractivity contribution < 1.29 is 0 Å². The lowest BCUT2D eigenvalue weighted by atomic mass is 10.2. The average molecular weight is 187 g/mol. The normalized spacial score (nSPS) is 20.9. The lowest BCUT2D eigenvalue weighted by molar-refractivity contribution is 0.733. The third-order valence-corrected chi connectivity index (χ3v) is 2.75. The van der Waals surface area contributed by atoms with E-state index in [9.17, 15) is 0 Å². The fourth-order valence-electron chi connectivity index (χ4n) is 2.01. The van der Waals surface area contributed by atoms with E-state index in [1.165, 1.54) is 12.8 Å². The first-order chi connectivity index (χ1) is 6.83. The highest BCUT2D eigenvalue weighted by Crippen LogP contribution is 2.26. The van der Waals surface area contributed by atoms with Gasteiger partial charge in [-0.2, -0.15) is 5.26 Å². The standard InChI is InChI=1S/C11H13N3/c1-9-4-3-7-14(9)11-5-2-6-13-10(11)8-12/h2,5-6,9H,3-4,7H2,1H3/t9-/m0/s1. The molecule has 14 heavy (non-hydrogen) atoms. The quantitative estimate of drug-likeness (QED) is 0.674. The molecule has 1 aromatic rings. The molecule has 0 spiro atoms. The van der Waals surface area contributed by atoms with E-state index >= 15 is 0 Å². The number of anilines is 1. The van der Waals surface area contributed by atoms with Crippen LogP contribution in [0.15, 0.2) is 18.3 Å². The van der Waals surface area contributed by atoms with Crippen molar-refractivity contribution in [3.05, 3.63) is 24.0 Å². The summed E-state index contributed by atoms with van der Waals surface area (Å²) in [6.07, 6.45) is 4.09. The molecule has 0 radical (unpaired) electrons. The van der Waals surface area contributed by atoms with Gasteiger partial charge in [0.2, 0.25) is 0 Å². The van der Waals surface area contributed by atoms with Crippen molar-refractivity contribution in [1.29, 1.82) is 5.26 Å². The van der Waals surface area contributed by atoms with Gasteiger partial charge in [0.15, 0.2) is 5.69 Å². The van der Waals surface area contributed by atoms with Gasteiger partial charge in [0.25, 0.3) is 0 Å². The fraction of sp³-hybridized carbons (Fsp3) is 0.455. The predicted molar refractivity (Wildman–Crippen MR) is 55.0 cm³/mol. The van der Waals surface area contributed by atoms with Gasteiger partial charge in [-0.15, -0.1) is 0 Å². The smallest absolute Gasteiger partial charge is 0.163 e. The maximum atomic E-state index is 8.93. The number of pyridine rings is 1. The molecule has 0 aromatic carbocycles. The number of nitriles is 1. The summed E-state index contributed by atoms with van der Waals surface area (Å²) in [4.78, 5) is 6.34. The molecular formula is C11H13N3. The molecule has 2 rings (SSSR count). The van der Waals surface area contributed by atoms with Crippen LogP contribution in [-0.4, -0.2) is 17.6 Å². The summed E-state index contributed by atoms with van der Waals surface area (Å²) in [5, 5.41) is 8.93. The van der Waals surface area contributed by atoms with Gasteiger partial charge in [-0.1, -0.05) is 0 Å². The van der Waals surface area contributed by atoms with Gasteiger partial charge in [0.1, 0.15) is 6.07 Å². The Labute approximate surface area is 84.0 Å². The van der Waals surface area contributed by atoms with Crippen molar-refractivity contribution in [1.82, 2.24) is 4.98 Å². The summed E-state index contributed by atoms with van der Waals surface area (Å²) in [7, 11) is 0. The second-order valence-electron chi connectivity index (χ2n) is 3.67. The molecule has 1 aliphatic heterocycles. The monoisotopic (exact) mass is 187 g/mol. The zero-order chi connectivity index (χ0) is 9.97. The van der Waals surface area contributed by atoms with Crippen LogP contribution >= 0.6 is 0 Å². The predicted octanol–water partition coefficient (Wildman–Crippen LogP) is 1.94. The van der Waals surface area contributed by atoms with Crippen molar-refractivity contribution in [3.63, 3.8) is 0 Å². The zero-order valence-corrected chi connectivity index (χ0v) is 8.27. The molecule has 1 aromatic heterocycles.